The Morgan fingerprint density at radius 1 is 1.17 bits per heavy atom. The number of phenols is 1. The van der Waals surface area contributed by atoms with Crippen molar-refractivity contribution in [2.45, 2.75) is 13.8 Å². The van der Waals surface area contributed by atoms with Crippen molar-refractivity contribution >= 4 is 5.78 Å². The van der Waals surface area contributed by atoms with Crippen LogP contribution < -0.4 is 4.74 Å². The number of hydrogen-bond donors (Lipinski definition) is 1. The van der Waals surface area contributed by atoms with Crippen molar-refractivity contribution < 1.29 is 14.6 Å². The Bertz CT molecular complexity index is 913. The Labute approximate surface area is 140 Å². The summed E-state index contributed by atoms with van der Waals surface area (Å²) in [4.78, 5) is 12.7. The zero-order chi connectivity index (χ0) is 17.3. The summed E-state index contributed by atoms with van der Waals surface area (Å²) in [6.45, 7) is 4.03. The first-order valence-electron chi connectivity index (χ1n) is 7.53. The van der Waals surface area contributed by atoms with E-state index in [4.69, 9.17) is 4.74 Å². The van der Waals surface area contributed by atoms with Gasteiger partial charge in [-0.25, -0.2) is 4.68 Å². The number of phenolic OH excluding ortho intramolecular Hbond substituents is 1. The van der Waals surface area contributed by atoms with Gasteiger partial charge in [-0.2, -0.15) is 5.10 Å². The minimum atomic E-state index is -0.303. The van der Waals surface area contributed by atoms with Gasteiger partial charge in [0.05, 0.1) is 30.1 Å². The third kappa shape index (κ3) is 2.88. The first kappa shape index (κ1) is 15.8. The Morgan fingerprint density at radius 2 is 1.96 bits per heavy atom. The average Bonchev–Trinajstić information content (AvgIpc) is 3.04. The minimum Gasteiger partial charge on any atom is -0.507 e. The van der Waals surface area contributed by atoms with E-state index in [-0.39, 0.29) is 17.1 Å². The lowest BCUT2D eigenvalue weighted by atomic mass is 10.0. The van der Waals surface area contributed by atoms with Crippen LogP contribution in [0.25, 0.3) is 5.69 Å². The highest BCUT2D eigenvalue weighted by Crippen LogP contribution is 2.26. The average molecular weight is 322 g/mol. The van der Waals surface area contributed by atoms with Gasteiger partial charge in [0.15, 0.2) is 5.78 Å². The van der Waals surface area contributed by atoms with Crippen LogP contribution in [0.4, 0.5) is 0 Å². The van der Waals surface area contributed by atoms with Crippen molar-refractivity contribution in [2.24, 2.45) is 0 Å². The maximum absolute atomic E-state index is 12.7. The molecule has 2 aromatic carbocycles. The summed E-state index contributed by atoms with van der Waals surface area (Å²) < 4.78 is 6.78. The molecule has 0 aliphatic rings. The van der Waals surface area contributed by atoms with Crippen LogP contribution in [0.1, 0.15) is 27.0 Å². The van der Waals surface area contributed by atoms with Gasteiger partial charge in [0, 0.05) is 6.20 Å². The van der Waals surface area contributed by atoms with Gasteiger partial charge < -0.3 is 9.84 Å². The Morgan fingerprint density at radius 3 is 2.67 bits per heavy atom. The quantitative estimate of drug-likeness (QED) is 0.747. The van der Waals surface area contributed by atoms with Crippen molar-refractivity contribution in [3.63, 3.8) is 0 Å². The number of rotatable bonds is 4. The number of aromatic hydroxyl groups is 1. The highest BCUT2D eigenvalue weighted by atomic mass is 16.5. The fourth-order valence-electron chi connectivity index (χ4n) is 2.61. The first-order valence-corrected chi connectivity index (χ1v) is 7.53. The largest absolute Gasteiger partial charge is 0.507 e. The smallest absolute Gasteiger partial charge is 0.200 e. The number of benzene rings is 2. The highest BCUT2D eigenvalue weighted by Gasteiger charge is 2.17. The molecule has 0 aliphatic heterocycles. The number of ketones is 1. The summed E-state index contributed by atoms with van der Waals surface area (Å²) in [6.07, 6.45) is 3.17. The van der Waals surface area contributed by atoms with E-state index in [9.17, 15) is 9.90 Å². The van der Waals surface area contributed by atoms with Crippen LogP contribution in [0.2, 0.25) is 0 Å². The zero-order valence-electron chi connectivity index (χ0n) is 13.8. The van der Waals surface area contributed by atoms with Crippen molar-refractivity contribution in [3.05, 3.63) is 71.0 Å². The molecule has 3 rings (SSSR count). The molecular weight excluding hydrogens is 304 g/mol. The molecule has 1 aromatic heterocycles. The van der Waals surface area contributed by atoms with Gasteiger partial charge in [-0.15, -0.1) is 0 Å². The standard InChI is InChI=1S/C19H18N2O3/c1-12-4-6-17(13(2)8-12)21-11-14(10-20-21)19(23)16-9-15(24-3)5-7-18(16)22/h4-11,22H,1-3H3. The Hall–Kier alpha value is -3.08. The van der Waals surface area contributed by atoms with Crippen LogP contribution in [0.5, 0.6) is 11.5 Å². The summed E-state index contributed by atoms with van der Waals surface area (Å²) in [5, 5.41) is 14.2. The maximum atomic E-state index is 12.7. The molecule has 0 bridgehead atoms. The number of carbonyl (C=O) groups is 1. The van der Waals surface area contributed by atoms with Crippen molar-refractivity contribution in [3.8, 4) is 17.2 Å². The minimum absolute atomic E-state index is 0.0833. The monoisotopic (exact) mass is 322 g/mol. The number of carbonyl (C=O) groups excluding carboxylic acids is 1. The van der Waals surface area contributed by atoms with E-state index < -0.39 is 0 Å². The van der Waals surface area contributed by atoms with Crippen molar-refractivity contribution in [1.82, 2.24) is 9.78 Å². The fraction of sp³-hybridized carbons (Fsp3) is 0.158. The second-order valence-electron chi connectivity index (χ2n) is 5.68. The molecular formula is C19H18N2O3. The molecule has 0 fully saturated rings. The number of aromatic nitrogens is 2. The van der Waals surface area contributed by atoms with Crippen molar-refractivity contribution in [1.29, 1.82) is 0 Å². The number of hydrogen-bond acceptors (Lipinski definition) is 4. The SMILES string of the molecule is COc1ccc(O)c(C(=O)c2cnn(-c3ccc(C)cc3C)c2)c1. The molecule has 0 atom stereocenters. The van der Waals surface area contributed by atoms with E-state index in [1.54, 1.807) is 16.9 Å². The summed E-state index contributed by atoms with van der Waals surface area (Å²) in [5.74, 6) is 0.125. The van der Waals surface area contributed by atoms with E-state index in [2.05, 4.69) is 11.2 Å². The van der Waals surface area contributed by atoms with E-state index >= 15 is 0 Å². The van der Waals surface area contributed by atoms with Gasteiger partial charge in [0.2, 0.25) is 0 Å². The number of ether oxygens (including phenoxy) is 1. The topological polar surface area (TPSA) is 64.3 Å². The number of methoxy groups -OCH3 is 1. The van der Waals surface area contributed by atoms with Gasteiger partial charge in [0.25, 0.3) is 0 Å². The number of aryl methyl sites for hydroxylation is 2. The van der Waals surface area contributed by atoms with E-state index in [0.717, 1.165) is 11.3 Å². The van der Waals surface area contributed by atoms with Crippen molar-refractivity contribution in [2.75, 3.05) is 7.11 Å². The second-order valence-corrected chi connectivity index (χ2v) is 5.68. The van der Waals surface area contributed by atoms with Crippen LogP contribution in [-0.2, 0) is 0 Å². The molecule has 0 saturated heterocycles. The third-order valence-corrected chi connectivity index (χ3v) is 3.89. The summed E-state index contributed by atoms with van der Waals surface area (Å²) in [7, 11) is 1.51. The predicted molar refractivity (Wildman–Crippen MR) is 91.1 cm³/mol. The molecule has 1 N–H and O–H groups in total. The van der Waals surface area contributed by atoms with Gasteiger partial charge >= 0.3 is 0 Å². The van der Waals surface area contributed by atoms with Gasteiger partial charge in [-0.05, 0) is 43.7 Å². The van der Waals surface area contributed by atoms with Crippen LogP contribution in [0, 0.1) is 13.8 Å². The molecule has 5 nitrogen and oxygen atoms in total. The summed E-state index contributed by atoms with van der Waals surface area (Å²) in [5.41, 5.74) is 3.74. The molecule has 0 saturated carbocycles. The lowest BCUT2D eigenvalue weighted by Gasteiger charge is -2.07. The first-order chi connectivity index (χ1) is 11.5. The number of nitrogens with zero attached hydrogens (tertiary/aromatic N) is 2. The zero-order valence-corrected chi connectivity index (χ0v) is 13.8. The van der Waals surface area contributed by atoms with E-state index in [0.29, 0.717) is 11.3 Å². The molecule has 1 heterocycles. The van der Waals surface area contributed by atoms with E-state index in [1.807, 2.05) is 26.0 Å². The normalized spacial score (nSPS) is 10.6. The highest BCUT2D eigenvalue weighted by molar-refractivity contribution is 6.10. The van der Waals surface area contributed by atoms with Crippen LogP contribution in [0.15, 0.2) is 48.8 Å². The maximum Gasteiger partial charge on any atom is 0.200 e. The molecule has 3 aromatic rings. The predicted octanol–water partition coefficient (Wildman–Crippen LogP) is 3.43. The fourth-order valence-corrected chi connectivity index (χ4v) is 2.61. The molecule has 0 spiro atoms. The Balaban J connectivity index is 1.97. The molecule has 5 heteroatoms. The third-order valence-electron chi connectivity index (χ3n) is 3.89. The van der Waals surface area contributed by atoms with Crippen LogP contribution in [-0.4, -0.2) is 27.8 Å². The van der Waals surface area contributed by atoms with Gasteiger partial charge in [0.1, 0.15) is 11.5 Å². The second kappa shape index (κ2) is 6.20. The lowest BCUT2D eigenvalue weighted by molar-refractivity contribution is 0.103. The molecule has 24 heavy (non-hydrogen) atoms. The molecule has 0 radical (unpaired) electrons. The summed E-state index contributed by atoms with van der Waals surface area (Å²) in [6, 6.07) is 10.6. The van der Waals surface area contributed by atoms with E-state index in [1.165, 1.54) is 31.0 Å². The van der Waals surface area contributed by atoms with Crippen LogP contribution in [0.3, 0.4) is 0 Å². The molecule has 0 unspecified atom stereocenters. The molecule has 0 aliphatic carbocycles. The van der Waals surface area contributed by atoms with Crippen LogP contribution >= 0.6 is 0 Å². The molecule has 0 amide bonds. The Kier molecular flexibility index (Phi) is 4.08. The van der Waals surface area contributed by atoms with Gasteiger partial charge in [-0.1, -0.05) is 17.7 Å². The summed E-state index contributed by atoms with van der Waals surface area (Å²) >= 11 is 0. The lowest BCUT2D eigenvalue weighted by Crippen LogP contribution is -2.02. The van der Waals surface area contributed by atoms with Gasteiger partial charge in [-0.3, -0.25) is 4.79 Å². The molecule has 122 valence electrons.